The van der Waals surface area contributed by atoms with Gasteiger partial charge in [-0.3, -0.25) is 29.3 Å². The zero-order chi connectivity index (χ0) is 20.8. The van der Waals surface area contributed by atoms with Crippen molar-refractivity contribution in [3.63, 3.8) is 0 Å². The van der Waals surface area contributed by atoms with E-state index in [-0.39, 0.29) is 16.9 Å². The number of carbonyl (C=O) groups excluding carboxylic acids is 2. The monoisotopic (exact) mass is 415 g/mol. The van der Waals surface area contributed by atoms with Gasteiger partial charge < -0.3 is 5.73 Å². The Morgan fingerprint density at radius 1 is 1.00 bits per heavy atom. The Morgan fingerprint density at radius 2 is 1.83 bits per heavy atom. The van der Waals surface area contributed by atoms with Crippen molar-refractivity contribution >= 4 is 29.0 Å². The fourth-order valence-electron chi connectivity index (χ4n) is 3.38. The third kappa shape index (κ3) is 2.80. The highest BCUT2D eigenvalue weighted by Crippen LogP contribution is 2.30. The molecule has 1 aliphatic heterocycles. The molecule has 0 aliphatic carbocycles. The molecule has 0 spiro atoms. The van der Waals surface area contributed by atoms with Gasteiger partial charge in [0.05, 0.1) is 22.5 Å². The van der Waals surface area contributed by atoms with Gasteiger partial charge in [0.2, 0.25) is 0 Å². The number of amides is 2. The van der Waals surface area contributed by atoms with E-state index in [4.69, 9.17) is 5.73 Å². The van der Waals surface area contributed by atoms with Crippen LogP contribution in [0.15, 0.2) is 65.0 Å². The number of imide groups is 1. The van der Waals surface area contributed by atoms with Gasteiger partial charge in [0, 0.05) is 35.0 Å². The Hall–Kier alpha value is -4.11. The van der Waals surface area contributed by atoms with E-state index in [2.05, 4.69) is 15.3 Å². The SMILES string of the molecule is Nc1c2c(cc(=O)n1-c1cccc(-c3nc(-c4cccnc4)cs3)c1)C(=O)NC2=O. The molecule has 4 heterocycles. The molecular formula is C21H13N5O3S. The van der Waals surface area contributed by atoms with E-state index >= 15 is 0 Å². The van der Waals surface area contributed by atoms with Crippen LogP contribution in [-0.2, 0) is 0 Å². The second-order valence-corrected chi connectivity index (χ2v) is 7.46. The minimum absolute atomic E-state index is 0.00376. The summed E-state index contributed by atoms with van der Waals surface area (Å²) in [6.07, 6.45) is 3.44. The van der Waals surface area contributed by atoms with E-state index in [0.717, 1.165) is 27.9 Å². The Labute approximate surface area is 173 Å². The van der Waals surface area contributed by atoms with Crippen molar-refractivity contribution in [2.45, 2.75) is 0 Å². The fraction of sp³-hybridized carbons (Fsp3) is 0. The van der Waals surface area contributed by atoms with Gasteiger partial charge in [-0.25, -0.2) is 4.98 Å². The van der Waals surface area contributed by atoms with Crippen molar-refractivity contribution in [3.8, 4) is 27.5 Å². The van der Waals surface area contributed by atoms with E-state index in [1.165, 1.54) is 15.9 Å². The summed E-state index contributed by atoms with van der Waals surface area (Å²) in [5.41, 5.74) is 8.61. The predicted octanol–water partition coefficient (Wildman–Crippen LogP) is 2.49. The molecule has 8 nitrogen and oxygen atoms in total. The summed E-state index contributed by atoms with van der Waals surface area (Å²) in [4.78, 5) is 45.4. The number of nitrogens with two attached hydrogens (primary N) is 1. The maximum Gasteiger partial charge on any atom is 0.262 e. The molecule has 0 unspecified atom stereocenters. The summed E-state index contributed by atoms with van der Waals surface area (Å²) >= 11 is 1.46. The Morgan fingerprint density at radius 3 is 2.63 bits per heavy atom. The molecule has 30 heavy (non-hydrogen) atoms. The van der Waals surface area contributed by atoms with Crippen LogP contribution in [0.1, 0.15) is 20.7 Å². The van der Waals surface area contributed by atoms with Gasteiger partial charge in [-0.15, -0.1) is 11.3 Å². The number of thiazole rings is 1. The third-order valence-corrected chi connectivity index (χ3v) is 5.66. The standard InChI is InChI=1S/C21H13N5O3S/c22-18-17-14(19(28)25-20(17)29)8-16(27)26(18)13-5-1-3-11(7-13)21-24-15(10-30-21)12-4-2-6-23-9-12/h1-10H,22H2,(H,25,28,29). The second kappa shape index (κ2) is 6.75. The Kier molecular flexibility index (Phi) is 4.04. The van der Waals surface area contributed by atoms with E-state index in [0.29, 0.717) is 5.69 Å². The Balaban J connectivity index is 1.60. The summed E-state index contributed by atoms with van der Waals surface area (Å²) in [6.45, 7) is 0. The lowest BCUT2D eigenvalue weighted by Gasteiger charge is -2.12. The number of benzene rings is 1. The molecule has 1 aromatic carbocycles. The number of pyridine rings is 2. The minimum atomic E-state index is -0.620. The van der Waals surface area contributed by atoms with Crippen LogP contribution < -0.4 is 16.6 Å². The lowest BCUT2D eigenvalue weighted by molar-refractivity contribution is 0.0880. The van der Waals surface area contributed by atoms with Gasteiger partial charge in [0.25, 0.3) is 17.4 Å². The number of aromatic nitrogens is 3. The lowest BCUT2D eigenvalue weighted by Crippen LogP contribution is -2.24. The first-order chi connectivity index (χ1) is 14.5. The quantitative estimate of drug-likeness (QED) is 0.496. The Bertz CT molecular complexity index is 1390. The maximum atomic E-state index is 12.7. The molecule has 3 aromatic heterocycles. The number of nitrogens with one attached hydrogen (secondary N) is 1. The molecule has 146 valence electrons. The number of nitrogen functional groups attached to an aromatic ring is 1. The highest BCUT2D eigenvalue weighted by molar-refractivity contribution is 7.13. The van der Waals surface area contributed by atoms with Crippen LogP contribution in [0.3, 0.4) is 0 Å². The third-order valence-electron chi connectivity index (χ3n) is 4.77. The van der Waals surface area contributed by atoms with E-state index in [1.807, 2.05) is 23.6 Å². The molecule has 4 aromatic rings. The van der Waals surface area contributed by atoms with Crippen molar-refractivity contribution in [1.29, 1.82) is 0 Å². The number of rotatable bonds is 3. The average Bonchev–Trinajstić information content (AvgIpc) is 3.34. The number of hydrogen-bond donors (Lipinski definition) is 2. The highest BCUT2D eigenvalue weighted by Gasteiger charge is 2.31. The van der Waals surface area contributed by atoms with Gasteiger partial charge in [-0.2, -0.15) is 0 Å². The van der Waals surface area contributed by atoms with Gasteiger partial charge in [-0.1, -0.05) is 12.1 Å². The highest BCUT2D eigenvalue weighted by atomic mass is 32.1. The fourth-order valence-corrected chi connectivity index (χ4v) is 4.20. The summed E-state index contributed by atoms with van der Waals surface area (Å²) < 4.78 is 1.22. The zero-order valence-electron chi connectivity index (χ0n) is 15.3. The van der Waals surface area contributed by atoms with Crippen molar-refractivity contribution < 1.29 is 9.59 Å². The molecule has 9 heteroatoms. The van der Waals surface area contributed by atoms with Crippen LogP contribution in [0.25, 0.3) is 27.5 Å². The number of nitrogens with zero attached hydrogens (tertiary/aromatic N) is 3. The van der Waals surface area contributed by atoms with Crippen LogP contribution in [0.5, 0.6) is 0 Å². The van der Waals surface area contributed by atoms with Crippen molar-refractivity contribution in [1.82, 2.24) is 19.9 Å². The molecular weight excluding hydrogens is 402 g/mol. The van der Waals surface area contributed by atoms with Crippen LogP contribution in [0, 0.1) is 0 Å². The number of hydrogen-bond acceptors (Lipinski definition) is 7. The predicted molar refractivity (Wildman–Crippen MR) is 113 cm³/mol. The molecule has 0 saturated heterocycles. The normalized spacial score (nSPS) is 12.7. The molecule has 0 atom stereocenters. The van der Waals surface area contributed by atoms with E-state index < -0.39 is 17.4 Å². The molecule has 1 aliphatic rings. The van der Waals surface area contributed by atoms with Crippen LogP contribution >= 0.6 is 11.3 Å². The average molecular weight is 415 g/mol. The zero-order valence-corrected chi connectivity index (χ0v) is 16.1. The number of anilines is 1. The number of fused-ring (bicyclic) bond motifs is 1. The van der Waals surface area contributed by atoms with Crippen LogP contribution in [-0.4, -0.2) is 26.3 Å². The largest absolute Gasteiger partial charge is 0.384 e. The molecule has 0 radical (unpaired) electrons. The van der Waals surface area contributed by atoms with E-state index in [1.54, 1.807) is 30.6 Å². The molecule has 0 saturated carbocycles. The topological polar surface area (TPSA) is 120 Å². The first-order valence-corrected chi connectivity index (χ1v) is 9.79. The van der Waals surface area contributed by atoms with Gasteiger partial charge in [0.15, 0.2) is 0 Å². The second-order valence-electron chi connectivity index (χ2n) is 6.61. The molecule has 3 N–H and O–H groups in total. The van der Waals surface area contributed by atoms with Crippen molar-refractivity contribution in [2.24, 2.45) is 0 Å². The first kappa shape index (κ1) is 18.0. The summed E-state index contributed by atoms with van der Waals surface area (Å²) in [6, 6.07) is 12.0. The van der Waals surface area contributed by atoms with Crippen molar-refractivity contribution in [3.05, 3.63) is 81.7 Å². The summed E-state index contributed by atoms with van der Waals surface area (Å²) in [5, 5.41) is 4.86. The summed E-state index contributed by atoms with van der Waals surface area (Å²) in [7, 11) is 0. The van der Waals surface area contributed by atoms with Gasteiger partial charge >= 0.3 is 0 Å². The first-order valence-electron chi connectivity index (χ1n) is 8.91. The molecule has 0 bridgehead atoms. The summed E-state index contributed by atoms with van der Waals surface area (Å²) in [5.74, 6) is -1.31. The number of carbonyl (C=O) groups is 2. The van der Waals surface area contributed by atoms with Crippen LogP contribution in [0.2, 0.25) is 0 Å². The van der Waals surface area contributed by atoms with Gasteiger partial charge in [-0.05, 0) is 24.3 Å². The molecule has 5 rings (SSSR count). The maximum absolute atomic E-state index is 12.7. The van der Waals surface area contributed by atoms with Gasteiger partial charge in [0.1, 0.15) is 10.8 Å². The lowest BCUT2D eigenvalue weighted by atomic mass is 10.1. The minimum Gasteiger partial charge on any atom is -0.384 e. The molecule has 2 amide bonds. The van der Waals surface area contributed by atoms with E-state index in [9.17, 15) is 14.4 Å². The van der Waals surface area contributed by atoms with Crippen molar-refractivity contribution in [2.75, 3.05) is 5.73 Å². The van der Waals surface area contributed by atoms with Crippen LogP contribution in [0.4, 0.5) is 5.82 Å². The smallest absolute Gasteiger partial charge is 0.262 e. The molecule has 0 fully saturated rings.